The van der Waals surface area contributed by atoms with Gasteiger partial charge in [0, 0.05) is 24.9 Å². The normalized spacial score (nSPS) is 12.7. The lowest BCUT2D eigenvalue weighted by Gasteiger charge is -2.16. The smallest absolute Gasteiger partial charge is 0.126 e. The van der Waals surface area contributed by atoms with Crippen molar-refractivity contribution in [3.63, 3.8) is 0 Å². The fourth-order valence-corrected chi connectivity index (χ4v) is 2.18. The van der Waals surface area contributed by atoms with Gasteiger partial charge in [0.25, 0.3) is 0 Å². The summed E-state index contributed by atoms with van der Waals surface area (Å²) >= 11 is 0. The van der Waals surface area contributed by atoms with Gasteiger partial charge in [0.05, 0.1) is 11.7 Å². The molecule has 0 aliphatic rings. The Morgan fingerprint density at radius 1 is 1.32 bits per heavy atom. The van der Waals surface area contributed by atoms with Crippen molar-refractivity contribution in [2.24, 2.45) is 12.9 Å². The van der Waals surface area contributed by atoms with Crippen molar-refractivity contribution in [3.05, 3.63) is 52.9 Å². The number of aromatic nitrogens is 2. The Hall–Kier alpha value is -1.79. The van der Waals surface area contributed by atoms with Crippen LogP contribution in [0.2, 0.25) is 0 Å². The Balaban J connectivity index is 2.49. The highest BCUT2D eigenvalue weighted by atomic mass is 19.1. The Bertz CT molecular complexity index is 560. The molecule has 1 atom stereocenters. The second-order valence-electron chi connectivity index (χ2n) is 4.36. The minimum Gasteiger partial charge on any atom is -0.275 e. The van der Waals surface area contributed by atoms with Gasteiger partial charge in [-0.3, -0.25) is 10.5 Å². The molecule has 1 unspecified atom stereocenters. The van der Waals surface area contributed by atoms with Crippen LogP contribution in [0.5, 0.6) is 0 Å². The number of halogens is 2. The second-order valence-corrected chi connectivity index (χ2v) is 4.36. The van der Waals surface area contributed by atoms with Crippen LogP contribution < -0.4 is 11.3 Å². The molecule has 0 saturated heterocycles. The van der Waals surface area contributed by atoms with Gasteiger partial charge in [-0.1, -0.05) is 6.92 Å². The minimum absolute atomic E-state index is 0.433. The van der Waals surface area contributed by atoms with Gasteiger partial charge in [0.15, 0.2) is 0 Å². The number of hydrazine groups is 1. The number of nitrogens with two attached hydrogens (primary N) is 1. The molecule has 102 valence electrons. The summed E-state index contributed by atoms with van der Waals surface area (Å²) in [5.74, 6) is 4.28. The third kappa shape index (κ3) is 2.80. The van der Waals surface area contributed by atoms with E-state index in [9.17, 15) is 8.78 Å². The van der Waals surface area contributed by atoms with Gasteiger partial charge in [-0.15, -0.1) is 0 Å². The predicted octanol–water partition coefficient (Wildman–Crippen LogP) is 1.81. The first-order chi connectivity index (χ1) is 9.05. The monoisotopic (exact) mass is 266 g/mol. The van der Waals surface area contributed by atoms with Crippen molar-refractivity contribution in [3.8, 4) is 0 Å². The molecule has 1 aromatic carbocycles. The summed E-state index contributed by atoms with van der Waals surface area (Å²) in [7, 11) is 1.79. The topological polar surface area (TPSA) is 55.9 Å². The predicted molar refractivity (Wildman–Crippen MR) is 68.1 cm³/mol. The highest BCUT2D eigenvalue weighted by Crippen LogP contribution is 2.25. The molecule has 0 fully saturated rings. The first-order valence-corrected chi connectivity index (χ1v) is 5.99. The van der Waals surface area contributed by atoms with E-state index >= 15 is 0 Å². The fourth-order valence-electron chi connectivity index (χ4n) is 2.18. The number of hydrogen-bond donors (Lipinski definition) is 2. The summed E-state index contributed by atoms with van der Waals surface area (Å²) in [6.45, 7) is 1.96. The number of hydrogen-bond acceptors (Lipinski definition) is 3. The van der Waals surface area contributed by atoms with Crippen LogP contribution in [0.4, 0.5) is 8.78 Å². The van der Waals surface area contributed by atoms with Gasteiger partial charge in [-0.05, 0) is 24.1 Å². The summed E-state index contributed by atoms with van der Waals surface area (Å²) in [6, 6.07) is 2.87. The SMILES string of the molecule is CCc1nn(C)cc1C(NN)c1cc(F)cc(F)c1. The van der Waals surface area contributed by atoms with Crippen LogP contribution in [-0.4, -0.2) is 9.78 Å². The molecule has 2 rings (SSSR count). The van der Waals surface area contributed by atoms with E-state index in [1.165, 1.54) is 12.1 Å². The van der Waals surface area contributed by atoms with Crippen LogP contribution in [0, 0.1) is 11.6 Å². The van der Waals surface area contributed by atoms with Crippen LogP contribution in [0.25, 0.3) is 0 Å². The molecular formula is C13H16F2N4. The van der Waals surface area contributed by atoms with E-state index in [0.717, 1.165) is 17.3 Å². The average molecular weight is 266 g/mol. The maximum absolute atomic E-state index is 13.3. The zero-order chi connectivity index (χ0) is 14.0. The molecule has 0 amide bonds. The molecule has 1 aromatic heterocycles. The van der Waals surface area contributed by atoms with Crippen molar-refractivity contribution in [1.29, 1.82) is 0 Å². The first kappa shape index (κ1) is 13.6. The molecule has 2 aromatic rings. The second kappa shape index (κ2) is 5.46. The van der Waals surface area contributed by atoms with E-state index in [1.54, 1.807) is 17.9 Å². The molecule has 6 heteroatoms. The molecule has 19 heavy (non-hydrogen) atoms. The molecule has 0 bridgehead atoms. The Morgan fingerprint density at radius 3 is 2.47 bits per heavy atom. The summed E-state index contributed by atoms with van der Waals surface area (Å²) in [6.07, 6.45) is 2.51. The highest BCUT2D eigenvalue weighted by molar-refractivity contribution is 5.33. The molecule has 3 N–H and O–H groups in total. The molecular weight excluding hydrogens is 250 g/mol. The molecule has 0 spiro atoms. The number of nitrogens with zero attached hydrogens (tertiary/aromatic N) is 2. The maximum atomic E-state index is 13.3. The standard InChI is InChI=1S/C13H16F2N4/c1-3-12-11(7-19(2)18-12)13(17-16)8-4-9(14)6-10(15)5-8/h4-7,13,17H,3,16H2,1-2H3. The van der Waals surface area contributed by atoms with Gasteiger partial charge in [-0.2, -0.15) is 5.10 Å². The summed E-state index contributed by atoms with van der Waals surface area (Å²) in [4.78, 5) is 0. The van der Waals surface area contributed by atoms with E-state index in [1.807, 2.05) is 6.92 Å². The summed E-state index contributed by atoms with van der Waals surface area (Å²) < 4.78 is 28.3. The van der Waals surface area contributed by atoms with Crippen LogP contribution in [0.1, 0.15) is 29.8 Å². The maximum Gasteiger partial charge on any atom is 0.126 e. The third-order valence-electron chi connectivity index (χ3n) is 2.97. The van der Waals surface area contributed by atoms with Gasteiger partial charge in [0.1, 0.15) is 11.6 Å². The summed E-state index contributed by atoms with van der Waals surface area (Å²) in [5.41, 5.74) is 4.68. The zero-order valence-corrected chi connectivity index (χ0v) is 10.8. The lowest BCUT2D eigenvalue weighted by molar-refractivity contribution is 0.565. The molecule has 0 saturated carbocycles. The molecule has 4 nitrogen and oxygen atoms in total. The van der Waals surface area contributed by atoms with Crippen molar-refractivity contribution in [2.45, 2.75) is 19.4 Å². The third-order valence-corrected chi connectivity index (χ3v) is 2.97. The van der Waals surface area contributed by atoms with Gasteiger partial charge < -0.3 is 0 Å². The number of rotatable bonds is 4. The first-order valence-electron chi connectivity index (χ1n) is 5.99. The minimum atomic E-state index is -0.628. The van der Waals surface area contributed by atoms with E-state index in [2.05, 4.69) is 10.5 Å². The fraction of sp³-hybridized carbons (Fsp3) is 0.308. The van der Waals surface area contributed by atoms with E-state index < -0.39 is 17.7 Å². The van der Waals surface area contributed by atoms with E-state index in [0.29, 0.717) is 12.0 Å². The number of aryl methyl sites for hydroxylation is 2. The van der Waals surface area contributed by atoms with Crippen LogP contribution >= 0.6 is 0 Å². The largest absolute Gasteiger partial charge is 0.275 e. The van der Waals surface area contributed by atoms with Crippen LogP contribution in [0.15, 0.2) is 24.4 Å². The van der Waals surface area contributed by atoms with Crippen molar-refractivity contribution >= 4 is 0 Å². The number of benzene rings is 1. The quantitative estimate of drug-likeness (QED) is 0.655. The lowest BCUT2D eigenvalue weighted by atomic mass is 9.98. The van der Waals surface area contributed by atoms with Crippen molar-refractivity contribution < 1.29 is 8.78 Å². The average Bonchev–Trinajstić information content (AvgIpc) is 2.70. The van der Waals surface area contributed by atoms with E-state index in [-0.39, 0.29) is 0 Å². The molecule has 0 radical (unpaired) electrons. The van der Waals surface area contributed by atoms with E-state index in [4.69, 9.17) is 5.84 Å². The van der Waals surface area contributed by atoms with Crippen LogP contribution in [-0.2, 0) is 13.5 Å². The van der Waals surface area contributed by atoms with Gasteiger partial charge >= 0.3 is 0 Å². The molecule has 1 heterocycles. The Morgan fingerprint density at radius 2 is 1.95 bits per heavy atom. The van der Waals surface area contributed by atoms with Gasteiger partial charge in [-0.25, -0.2) is 14.2 Å². The Kier molecular flexibility index (Phi) is 3.92. The Labute approximate surface area is 110 Å². The van der Waals surface area contributed by atoms with Crippen molar-refractivity contribution in [1.82, 2.24) is 15.2 Å². The van der Waals surface area contributed by atoms with Crippen LogP contribution in [0.3, 0.4) is 0 Å². The molecule has 0 aliphatic carbocycles. The molecule has 0 aliphatic heterocycles. The number of nitrogens with one attached hydrogen (secondary N) is 1. The van der Waals surface area contributed by atoms with Crippen molar-refractivity contribution in [2.75, 3.05) is 0 Å². The summed E-state index contributed by atoms with van der Waals surface area (Å²) in [5, 5.41) is 4.30. The lowest BCUT2D eigenvalue weighted by Crippen LogP contribution is -2.29. The zero-order valence-electron chi connectivity index (χ0n) is 10.8. The highest BCUT2D eigenvalue weighted by Gasteiger charge is 2.19. The van der Waals surface area contributed by atoms with Gasteiger partial charge in [0.2, 0.25) is 0 Å².